The molecule has 0 radical (unpaired) electrons. The Bertz CT molecular complexity index is 754. The summed E-state index contributed by atoms with van der Waals surface area (Å²) in [5.41, 5.74) is 2.15. The van der Waals surface area contributed by atoms with Crippen LogP contribution in [0.3, 0.4) is 0 Å². The summed E-state index contributed by atoms with van der Waals surface area (Å²) >= 11 is 0. The standard InChI is InChI=1S/C17H21N3O7/c1-3-26-15(24)17(2)12-8-10(4-5-13(12)18-14(17)23)19-20-16(25)27-7-6-11(22)9-21/h4-5,21H,3,6-9H2,1-2H3,(H,18,23)(H,20,25). The van der Waals surface area contributed by atoms with Gasteiger partial charge in [-0.05, 0) is 31.6 Å². The molecular formula is C17H21N3O7. The predicted molar refractivity (Wildman–Crippen MR) is 92.3 cm³/mol. The Hall–Kier alpha value is -3.01. The highest BCUT2D eigenvalue weighted by Crippen LogP contribution is 2.40. The van der Waals surface area contributed by atoms with Crippen molar-refractivity contribution >= 4 is 29.5 Å². The number of ether oxygens (including phenoxy) is 2. The maximum Gasteiger partial charge on any atom is 0.427 e. The van der Waals surface area contributed by atoms with E-state index in [0.29, 0.717) is 17.0 Å². The number of nitrogens with zero attached hydrogens (tertiary/aromatic N) is 1. The highest BCUT2D eigenvalue weighted by atomic mass is 16.6. The van der Waals surface area contributed by atoms with E-state index in [1.165, 1.54) is 6.92 Å². The molecule has 0 fully saturated rings. The third kappa shape index (κ3) is 4.40. The lowest BCUT2D eigenvalue weighted by Crippen LogP contribution is -2.40. The minimum absolute atomic E-state index is 0.0949. The summed E-state index contributed by atoms with van der Waals surface area (Å²) in [6.07, 6.45) is 2.37. The first kappa shape index (κ1) is 20.3. The van der Waals surface area contributed by atoms with Crippen LogP contribution in [0.5, 0.6) is 0 Å². The van der Waals surface area contributed by atoms with Gasteiger partial charge in [0.05, 0.1) is 12.3 Å². The fourth-order valence-electron chi connectivity index (χ4n) is 2.62. The molecule has 10 nitrogen and oxygen atoms in total. The van der Waals surface area contributed by atoms with Gasteiger partial charge in [0, 0.05) is 18.5 Å². The molecule has 0 aromatic carbocycles. The first-order chi connectivity index (χ1) is 12.8. The normalized spacial score (nSPS) is 22.3. The largest absolute Gasteiger partial charge is 0.465 e. The number of aliphatic hydroxyl groups is 1. The fourth-order valence-corrected chi connectivity index (χ4v) is 2.62. The molecule has 0 aromatic heterocycles. The van der Waals surface area contributed by atoms with Gasteiger partial charge in [0.1, 0.15) is 13.2 Å². The number of nitrogens with one attached hydrogen (secondary N) is 2. The quantitative estimate of drug-likeness (QED) is 0.319. The Labute approximate surface area is 155 Å². The van der Waals surface area contributed by atoms with Crippen LogP contribution in [0.2, 0.25) is 0 Å². The van der Waals surface area contributed by atoms with Gasteiger partial charge >= 0.3 is 12.1 Å². The lowest BCUT2D eigenvalue weighted by molar-refractivity contribution is -0.156. The summed E-state index contributed by atoms with van der Waals surface area (Å²) in [5.74, 6) is -1.57. The average molecular weight is 379 g/mol. The smallest absolute Gasteiger partial charge is 0.427 e. The van der Waals surface area contributed by atoms with E-state index in [1.807, 2.05) is 0 Å². The van der Waals surface area contributed by atoms with Gasteiger partial charge in [0.15, 0.2) is 11.2 Å². The molecule has 2 aliphatic rings. The van der Waals surface area contributed by atoms with Crippen molar-refractivity contribution in [3.63, 3.8) is 0 Å². The maximum atomic E-state index is 12.3. The van der Waals surface area contributed by atoms with E-state index in [9.17, 15) is 19.2 Å². The fraction of sp³-hybridized carbons (Fsp3) is 0.471. The van der Waals surface area contributed by atoms with Crippen molar-refractivity contribution < 1.29 is 33.8 Å². The molecule has 1 atom stereocenters. The Morgan fingerprint density at radius 2 is 2.07 bits per heavy atom. The summed E-state index contributed by atoms with van der Waals surface area (Å²) in [4.78, 5) is 47.1. The van der Waals surface area contributed by atoms with E-state index in [-0.39, 0.29) is 26.1 Å². The van der Waals surface area contributed by atoms with Crippen molar-refractivity contribution in [3.05, 3.63) is 23.4 Å². The van der Waals surface area contributed by atoms with E-state index in [2.05, 4.69) is 15.8 Å². The molecular weight excluding hydrogens is 358 g/mol. The molecule has 0 aromatic rings. The number of Topliss-reactive ketones (excluding diaryl/α,β-unsaturated/α-hetero) is 1. The first-order valence-corrected chi connectivity index (χ1v) is 8.35. The Kier molecular flexibility index (Phi) is 6.45. The van der Waals surface area contributed by atoms with Crippen molar-refractivity contribution in [1.82, 2.24) is 10.7 Å². The van der Waals surface area contributed by atoms with Crippen LogP contribution in [0, 0.1) is 5.41 Å². The Morgan fingerprint density at radius 3 is 2.74 bits per heavy atom. The summed E-state index contributed by atoms with van der Waals surface area (Å²) in [7, 11) is 0. The molecule has 0 spiro atoms. The third-order valence-corrected chi connectivity index (χ3v) is 4.20. The molecule has 1 unspecified atom stereocenters. The van der Waals surface area contributed by atoms with E-state index < -0.39 is 35.8 Å². The number of allylic oxidation sites excluding steroid dienone is 2. The summed E-state index contributed by atoms with van der Waals surface area (Å²) < 4.78 is 9.78. The average Bonchev–Trinajstić information content (AvgIpc) is 2.91. The molecule has 1 aliphatic carbocycles. The number of hydrogen-bond acceptors (Lipinski definition) is 8. The number of ketones is 1. The number of aliphatic hydroxyl groups excluding tert-OH is 1. The molecule has 2 rings (SSSR count). The number of hydrazone groups is 1. The molecule has 146 valence electrons. The van der Waals surface area contributed by atoms with E-state index >= 15 is 0 Å². The number of hydrogen-bond donors (Lipinski definition) is 3. The highest BCUT2D eigenvalue weighted by molar-refractivity contribution is 6.12. The topological polar surface area (TPSA) is 143 Å². The summed E-state index contributed by atoms with van der Waals surface area (Å²) in [6, 6.07) is 0. The van der Waals surface area contributed by atoms with Gasteiger partial charge in [-0.3, -0.25) is 14.4 Å². The number of esters is 1. The first-order valence-electron chi connectivity index (χ1n) is 8.35. The van der Waals surface area contributed by atoms with Crippen molar-refractivity contribution in [3.8, 4) is 0 Å². The van der Waals surface area contributed by atoms with Crippen LogP contribution in [-0.2, 0) is 23.9 Å². The SMILES string of the molecule is CCOC(=O)C1(C)C(=O)NC2=C1CC(=NNC(=O)OCCC(=O)CO)C=C2. The van der Waals surface area contributed by atoms with Crippen LogP contribution in [0.15, 0.2) is 28.5 Å². The van der Waals surface area contributed by atoms with E-state index in [4.69, 9.17) is 14.6 Å². The lowest BCUT2D eigenvalue weighted by Gasteiger charge is -2.23. The lowest BCUT2D eigenvalue weighted by atomic mass is 9.79. The second kappa shape index (κ2) is 8.58. The van der Waals surface area contributed by atoms with Crippen molar-refractivity contribution in [2.75, 3.05) is 19.8 Å². The zero-order valence-electron chi connectivity index (χ0n) is 15.0. The molecule has 2 amide bonds. The van der Waals surface area contributed by atoms with Gasteiger partial charge in [0.2, 0.25) is 5.91 Å². The molecule has 27 heavy (non-hydrogen) atoms. The number of rotatable bonds is 7. The maximum absolute atomic E-state index is 12.3. The second-order valence-electron chi connectivity index (χ2n) is 6.00. The summed E-state index contributed by atoms with van der Waals surface area (Å²) in [5, 5.41) is 15.1. The zero-order chi connectivity index (χ0) is 20.0. The minimum atomic E-state index is -1.46. The highest BCUT2D eigenvalue weighted by Gasteiger charge is 2.52. The van der Waals surface area contributed by atoms with Crippen LogP contribution >= 0.6 is 0 Å². The molecule has 0 bridgehead atoms. The van der Waals surface area contributed by atoms with Crippen LogP contribution in [0.4, 0.5) is 4.79 Å². The number of amides is 2. The van der Waals surface area contributed by atoms with Gasteiger partial charge in [-0.2, -0.15) is 5.10 Å². The van der Waals surface area contributed by atoms with Gasteiger partial charge in [-0.25, -0.2) is 10.2 Å². The molecule has 1 heterocycles. The number of carbonyl (C=O) groups excluding carboxylic acids is 4. The molecule has 0 saturated carbocycles. The van der Waals surface area contributed by atoms with Crippen LogP contribution in [-0.4, -0.2) is 54.4 Å². The molecule has 10 heteroatoms. The van der Waals surface area contributed by atoms with Gasteiger partial charge in [-0.15, -0.1) is 0 Å². The number of carbonyl (C=O) groups is 4. The second-order valence-corrected chi connectivity index (χ2v) is 6.00. The van der Waals surface area contributed by atoms with Crippen LogP contribution in [0.1, 0.15) is 26.7 Å². The van der Waals surface area contributed by atoms with Gasteiger partial charge < -0.3 is 19.9 Å². The van der Waals surface area contributed by atoms with Gasteiger partial charge in [-0.1, -0.05) is 0 Å². The zero-order valence-corrected chi connectivity index (χ0v) is 15.0. The van der Waals surface area contributed by atoms with E-state index in [0.717, 1.165) is 0 Å². The third-order valence-electron chi connectivity index (χ3n) is 4.20. The predicted octanol–water partition coefficient (Wildman–Crippen LogP) is -0.0667. The monoisotopic (exact) mass is 379 g/mol. The Morgan fingerprint density at radius 1 is 1.33 bits per heavy atom. The van der Waals surface area contributed by atoms with Crippen molar-refractivity contribution in [2.24, 2.45) is 10.5 Å². The Balaban J connectivity index is 2.00. The van der Waals surface area contributed by atoms with E-state index in [1.54, 1.807) is 19.1 Å². The van der Waals surface area contributed by atoms with Crippen LogP contribution in [0.25, 0.3) is 0 Å². The van der Waals surface area contributed by atoms with Crippen molar-refractivity contribution in [1.29, 1.82) is 0 Å². The van der Waals surface area contributed by atoms with Crippen LogP contribution < -0.4 is 10.7 Å². The summed E-state index contributed by atoms with van der Waals surface area (Å²) in [6.45, 7) is 2.50. The molecule has 1 aliphatic heterocycles. The van der Waals surface area contributed by atoms with Crippen molar-refractivity contribution in [2.45, 2.75) is 26.7 Å². The molecule has 0 saturated heterocycles. The molecule has 3 N–H and O–H groups in total. The van der Waals surface area contributed by atoms with Gasteiger partial charge in [0.25, 0.3) is 0 Å². The minimum Gasteiger partial charge on any atom is -0.465 e.